The maximum Gasteiger partial charge on any atom is 0.410 e. The third kappa shape index (κ3) is 4.90. The summed E-state index contributed by atoms with van der Waals surface area (Å²) in [7, 11) is 3.77. The number of likely N-dealkylation sites (N-methyl/N-ethyl adjacent to an activating group) is 1. The quantitative estimate of drug-likeness (QED) is 0.647. The first-order valence-electron chi connectivity index (χ1n) is 11.1. The second-order valence-electron chi connectivity index (χ2n) is 9.12. The van der Waals surface area contributed by atoms with Gasteiger partial charge in [0.1, 0.15) is 17.5 Å². The maximum atomic E-state index is 12.4. The van der Waals surface area contributed by atoms with Crippen LogP contribution in [0.25, 0.3) is 0 Å². The molecule has 1 aromatic rings. The van der Waals surface area contributed by atoms with Gasteiger partial charge in [-0.2, -0.15) is 0 Å². The molecule has 3 heterocycles. The standard InChI is InChI=1S/C23H35N3O4/c1-18-14-20-15-19(4-5-21(20)29-18)16-25-8-6-23(7-9-25)17-26(22(27)30-23)11-10-24(2)12-13-28-3/h4-5,15,18H,6-14,16-17H2,1-3H3. The molecule has 0 aliphatic carbocycles. The van der Waals surface area contributed by atoms with Gasteiger partial charge < -0.3 is 24.0 Å². The summed E-state index contributed by atoms with van der Waals surface area (Å²) in [6, 6.07) is 6.58. The Morgan fingerprint density at radius 2 is 2.07 bits per heavy atom. The van der Waals surface area contributed by atoms with Gasteiger partial charge in [0.2, 0.25) is 0 Å². The predicted octanol–water partition coefficient (Wildman–Crippen LogP) is 2.38. The van der Waals surface area contributed by atoms with Crippen molar-refractivity contribution in [1.29, 1.82) is 0 Å². The topological polar surface area (TPSA) is 54.5 Å². The molecule has 30 heavy (non-hydrogen) atoms. The number of methoxy groups -OCH3 is 1. The Kier molecular flexibility index (Phi) is 6.51. The fraction of sp³-hybridized carbons (Fsp3) is 0.696. The molecule has 1 spiro atoms. The van der Waals surface area contributed by atoms with Crippen LogP contribution < -0.4 is 4.74 Å². The minimum atomic E-state index is -0.306. The predicted molar refractivity (Wildman–Crippen MR) is 115 cm³/mol. The average molecular weight is 418 g/mol. The van der Waals surface area contributed by atoms with Crippen molar-refractivity contribution in [2.75, 3.05) is 60.0 Å². The number of hydrogen-bond acceptors (Lipinski definition) is 6. The lowest BCUT2D eigenvalue weighted by Crippen LogP contribution is -2.47. The van der Waals surface area contributed by atoms with E-state index >= 15 is 0 Å². The highest BCUT2D eigenvalue weighted by molar-refractivity contribution is 5.70. The molecular formula is C23H35N3O4. The molecule has 166 valence electrons. The second-order valence-corrected chi connectivity index (χ2v) is 9.12. The van der Waals surface area contributed by atoms with E-state index in [1.165, 1.54) is 11.1 Å². The Hall–Kier alpha value is -1.83. The first kappa shape index (κ1) is 21.4. The van der Waals surface area contributed by atoms with E-state index in [9.17, 15) is 4.79 Å². The van der Waals surface area contributed by atoms with Gasteiger partial charge in [0.25, 0.3) is 0 Å². The zero-order chi connectivity index (χ0) is 21.1. The van der Waals surface area contributed by atoms with Crippen LogP contribution in [0.1, 0.15) is 30.9 Å². The van der Waals surface area contributed by atoms with Crippen molar-refractivity contribution in [2.24, 2.45) is 0 Å². The molecule has 1 amide bonds. The van der Waals surface area contributed by atoms with Gasteiger partial charge in [0.05, 0.1) is 13.2 Å². The number of hydrogen-bond donors (Lipinski definition) is 0. The SMILES string of the molecule is COCCN(C)CCN1CC2(CCN(Cc3ccc4c(c3)CC(C)O4)CC2)OC1=O. The summed E-state index contributed by atoms with van der Waals surface area (Å²) in [4.78, 5) is 19.0. The van der Waals surface area contributed by atoms with Crippen molar-refractivity contribution in [1.82, 2.24) is 14.7 Å². The van der Waals surface area contributed by atoms with Crippen LogP contribution in [0.3, 0.4) is 0 Å². The van der Waals surface area contributed by atoms with Crippen molar-refractivity contribution in [3.05, 3.63) is 29.3 Å². The van der Waals surface area contributed by atoms with Crippen LogP contribution in [0, 0.1) is 0 Å². The van der Waals surface area contributed by atoms with Crippen LogP contribution in [0.4, 0.5) is 4.79 Å². The molecule has 0 saturated carbocycles. The van der Waals surface area contributed by atoms with E-state index in [4.69, 9.17) is 14.2 Å². The molecule has 1 aromatic carbocycles. The van der Waals surface area contributed by atoms with Gasteiger partial charge in [-0.05, 0) is 31.2 Å². The van der Waals surface area contributed by atoms with Crippen LogP contribution in [-0.2, 0) is 22.4 Å². The molecule has 0 N–H and O–H groups in total. The van der Waals surface area contributed by atoms with E-state index < -0.39 is 0 Å². The highest BCUT2D eigenvalue weighted by Crippen LogP contribution is 2.34. The number of likely N-dealkylation sites (tertiary alicyclic amines) is 1. The fourth-order valence-corrected chi connectivity index (χ4v) is 4.73. The Balaban J connectivity index is 1.25. The number of carbonyl (C=O) groups excluding carboxylic acids is 1. The third-order valence-corrected chi connectivity index (χ3v) is 6.60. The molecule has 2 fully saturated rings. The zero-order valence-electron chi connectivity index (χ0n) is 18.6. The van der Waals surface area contributed by atoms with Gasteiger partial charge in [0.15, 0.2) is 0 Å². The van der Waals surface area contributed by atoms with Crippen LogP contribution >= 0.6 is 0 Å². The lowest BCUT2D eigenvalue weighted by Gasteiger charge is -2.37. The largest absolute Gasteiger partial charge is 0.490 e. The van der Waals surface area contributed by atoms with E-state index in [-0.39, 0.29) is 17.8 Å². The van der Waals surface area contributed by atoms with Gasteiger partial charge in [-0.15, -0.1) is 0 Å². The molecule has 7 heteroatoms. The monoisotopic (exact) mass is 417 g/mol. The van der Waals surface area contributed by atoms with Crippen molar-refractivity contribution < 1.29 is 19.0 Å². The summed E-state index contributed by atoms with van der Waals surface area (Å²) in [5.74, 6) is 1.04. The van der Waals surface area contributed by atoms with Crippen molar-refractivity contribution >= 4 is 6.09 Å². The molecule has 7 nitrogen and oxygen atoms in total. The molecule has 0 aromatic heterocycles. The molecule has 4 rings (SSSR count). The second kappa shape index (κ2) is 9.12. The Morgan fingerprint density at radius 1 is 1.27 bits per heavy atom. The average Bonchev–Trinajstić information content (AvgIpc) is 3.25. The van der Waals surface area contributed by atoms with Gasteiger partial charge >= 0.3 is 6.09 Å². The normalized spacial score (nSPS) is 23.1. The Labute approximate surface area is 179 Å². The molecule has 2 saturated heterocycles. The minimum absolute atomic E-state index is 0.156. The van der Waals surface area contributed by atoms with Gasteiger partial charge in [0, 0.05) is 65.6 Å². The van der Waals surface area contributed by atoms with E-state index in [2.05, 4.69) is 42.0 Å². The first-order chi connectivity index (χ1) is 14.5. The number of fused-ring (bicyclic) bond motifs is 1. The lowest BCUT2D eigenvalue weighted by molar-refractivity contribution is -0.00125. The summed E-state index contributed by atoms with van der Waals surface area (Å²) in [5.41, 5.74) is 2.36. The summed E-state index contributed by atoms with van der Waals surface area (Å²) in [6.45, 7) is 8.81. The number of amides is 1. The molecule has 0 bridgehead atoms. The highest BCUT2D eigenvalue weighted by atomic mass is 16.6. The van der Waals surface area contributed by atoms with Gasteiger partial charge in [-0.3, -0.25) is 4.90 Å². The number of carbonyl (C=O) groups is 1. The number of piperidine rings is 1. The van der Waals surface area contributed by atoms with Gasteiger partial charge in [-0.25, -0.2) is 4.79 Å². The molecule has 3 aliphatic heterocycles. The van der Waals surface area contributed by atoms with E-state index in [0.717, 1.165) is 57.7 Å². The number of nitrogens with zero attached hydrogens (tertiary/aromatic N) is 3. The summed E-state index contributed by atoms with van der Waals surface area (Å²) in [5, 5.41) is 0. The van der Waals surface area contributed by atoms with Crippen molar-refractivity contribution in [3.63, 3.8) is 0 Å². The number of benzene rings is 1. The van der Waals surface area contributed by atoms with E-state index in [1.807, 2.05) is 4.90 Å². The molecule has 0 radical (unpaired) electrons. The third-order valence-electron chi connectivity index (χ3n) is 6.60. The zero-order valence-corrected chi connectivity index (χ0v) is 18.6. The number of ether oxygens (including phenoxy) is 3. The fourth-order valence-electron chi connectivity index (χ4n) is 4.73. The maximum absolute atomic E-state index is 12.4. The van der Waals surface area contributed by atoms with E-state index in [1.54, 1.807) is 7.11 Å². The van der Waals surface area contributed by atoms with E-state index in [0.29, 0.717) is 19.7 Å². The van der Waals surface area contributed by atoms with Crippen LogP contribution in [0.15, 0.2) is 18.2 Å². The summed E-state index contributed by atoms with van der Waals surface area (Å²) in [6.07, 6.45) is 2.93. The molecule has 1 atom stereocenters. The lowest BCUT2D eigenvalue weighted by atomic mass is 9.91. The minimum Gasteiger partial charge on any atom is -0.490 e. The van der Waals surface area contributed by atoms with Crippen LogP contribution in [0.2, 0.25) is 0 Å². The van der Waals surface area contributed by atoms with Crippen LogP contribution in [0.5, 0.6) is 5.75 Å². The smallest absolute Gasteiger partial charge is 0.410 e. The molecule has 3 aliphatic rings. The van der Waals surface area contributed by atoms with Gasteiger partial charge in [-0.1, -0.05) is 12.1 Å². The number of rotatable bonds is 8. The van der Waals surface area contributed by atoms with Crippen molar-refractivity contribution in [2.45, 2.75) is 44.4 Å². The summed E-state index contributed by atoms with van der Waals surface area (Å²) >= 11 is 0. The van der Waals surface area contributed by atoms with Crippen molar-refractivity contribution in [3.8, 4) is 5.75 Å². The molecule has 1 unspecified atom stereocenters. The Morgan fingerprint density at radius 3 is 2.83 bits per heavy atom. The van der Waals surface area contributed by atoms with Crippen LogP contribution in [-0.4, -0.2) is 92.5 Å². The first-order valence-corrected chi connectivity index (χ1v) is 11.1. The highest BCUT2D eigenvalue weighted by Gasteiger charge is 2.46. The molecular weight excluding hydrogens is 382 g/mol. The summed E-state index contributed by atoms with van der Waals surface area (Å²) < 4.78 is 16.8. The Bertz CT molecular complexity index is 748.